The lowest BCUT2D eigenvalue weighted by molar-refractivity contribution is 0.0721. The molecule has 0 aromatic carbocycles. The molecule has 1 atom stereocenters. The maximum Gasteiger partial charge on any atom is 0.274 e. The summed E-state index contributed by atoms with van der Waals surface area (Å²) >= 11 is 0. The number of carbonyl (C=O) groups is 1. The van der Waals surface area contributed by atoms with Crippen molar-refractivity contribution in [2.75, 3.05) is 20.3 Å². The maximum atomic E-state index is 12.8. The van der Waals surface area contributed by atoms with E-state index in [0.29, 0.717) is 19.7 Å². The summed E-state index contributed by atoms with van der Waals surface area (Å²) in [6.45, 7) is 3.12. The van der Waals surface area contributed by atoms with Gasteiger partial charge in [-0.1, -0.05) is 5.16 Å². The van der Waals surface area contributed by atoms with Crippen LogP contribution >= 0.6 is 0 Å². The Hall–Kier alpha value is -2.48. The van der Waals surface area contributed by atoms with Crippen molar-refractivity contribution in [1.29, 1.82) is 0 Å². The molecule has 2 aromatic heterocycles. The second kappa shape index (κ2) is 6.96. The normalized spacial score (nSPS) is 17.4. The Labute approximate surface area is 139 Å². The van der Waals surface area contributed by atoms with E-state index >= 15 is 0 Å². The lowest BCUT2D eigenvalue weighted by atomic mass is 10.1. The smallest absolute Gasteiger partial charge is 0.274 e. The molecule has 1 aliphatic heterocycles. The zero-order valence-electron chi connectivity index (χ0n) is 13.8. The number of rotatable bonds is 5. The Morgan fingerprint density at radius 2 is 2.29 bits per heavy atom. The molecule has 0 bridgehead atoms. The number of hydrogen-bond donors (Lipinski definition) is 0. The summed E-state index contributed by atoms with van der Waals surface area (Å²) in [5.74, 6) is 0.514. The van der Waals surface area contributed by atoms with Crippen LogP contribution in [0.15, 0.2) is 27.5 Å². The SMILES string of the molecule is COCCn1nc(C(=O)N2CCCC2c2cc(C)on2)ccc1=O. The second-order valence-electron chi connectivity index (χ2n) is 5.79. The van der Waals surface area contributed by atoms with Gasteiger partial charge in [0.2, 0.25) is 0 Å². The van der Waals surface area contributed by atoms with E-state index in [1.165, 1.54) is 16.8 Å². The quantitative estimate of drug-likeness (QED) is 0.816. The van der Waals surface area contributed by atoms with Crippen LogP contribution in [0, 0.1) is 6.92 Å². The van der Waals surface area contributed by atoms with Crippen LogP contribution in [0.25, 0.3) is 0 Å². The molecule has 1 unspecified atom stereocenters. The van der Waals surface area contributed by atoms with E-state index in [0.717, 1.165) is 24.3 Å². The molecule has 1 saturated heterocycles. The molecule has 0 radical (unpaired) electrons. The van der Waals surface area contributed by atoms with E-state index < -0.39 is 0 Å². The molecule has 1 amide bonds. The van der Waals surface area contributed by atoms with E-state index in [2.05, 4.69) is 10.3 Å². The Morgan fingerprint density at radius 1 is 1.46 bits per heavy atom. The molecule has 8 heteroatoms. The Morgan fingerprint density at radius 3 is 3.00 bits per heavy atom. The topological polar surface area (TPSA) is 90.5 Å². The zero-order valence-corrected chi connectivity index (χ0v) is 13.8. The maximum absolute atomic E-state index is 12.8. The van der Waals surface area contributed by atoms with E-state index in [1.54, 1.807) is 12.0 Å². The molecular formula is C16H20N4O4. The fourth-order valence-corrected chi connectivity index (χ4v) is 2.91. The van der Waals surface area contributed by atoms with Gasteiger partial charge in [-0.25, -0.2) is 4.68 Å². The van der Waals surface area contributed by atoms with Gasteiger partial charge in [0.15, 0.2) is 0 Å². The molecule has 24 heavy (non-hydrogen) atoms. The van der Waals surface area contributed by atoms with Crippen LogP contribution in [0.3, 0.4) is 0 Å². The first-order valence-corrected chi connectivity index (χ1v) is 7.91. The highest BCUT2D eigenvalue weighted by atomic mass is 16.5. The van der Waals surface area contributed by atoms with Crippen LogP contribution in [0.4, 0.5) is 0 Å². The third kappa shape index (κ3) is 3.23. The van der Waals surface area contributed by atoms with Crippen LogP contribution in [0.2, 0.25) is 0 Å². The average molecular weight is 332 g/mol. The fourth-order valence-electron chi connectivity index (χ4n) is 2.91. The average Bonchev–Trinajstić information content (AvgIpc) is 3.22. The predicted molar refractivity (Wildman–Crippen MR) is 84.6 cm³/mol. The fraction of sp³-hybridized carbons (Fsp3) is 0.500. The molecule has 1 aliphatic rings. The van der Waals surface area contributed by atoms with Gasteiger partial charge >= 0.3 is 0 Å². The summed E-state index contributed by atoms with van der Waals surface area (Å²) in [7, 11) is 1.55. The van der Waals surface area contributed by atoms with Crippen molar-refractivity contribution in [2.24, 2.45) is 0 Å². The monoisotopic (exact) mass is 332 g/mol. The molecule has 0 saturated carbocycles. The summed E-state index contributed by atoms with van der Waals surface area (Å²) in [6, 6.07) is 4.57. The molecule has 2 aromatic rings. The second-order valence-corrected chi connectivity index (χ2v) is 5.79. The molecule has 128 valence electrons. The van der Waals surface area contributed by atoms with Crippen LogP contribution in [0.5, 0.6) is 0 Å². The largest absolute Gasteiger partial charge is 0.383 e. The van der Waals surface area contributed by atoms with Crippen molar-refractivity contribution in [3.05, 3.63) is 45.7 Å². The molecular weight excluding hydrogens is 312 g/mol. The number of aryl methyl sites for hydroxylation is 1. The summed E-state index contributed by atoms with van der Waals surface area (Å²) in [5, 5.41) is 8.21. The minimum atomic E-state index is -0.256. The summed E-state index contributed by atoms with van der Waals surface area (Å²) in [4.78, 5) is 26.4. The summed E-state index contributed by atoms with van der Waals surface area (Å²) in [5.41, 5.74) is 0.748. The number of aromatic nitrogens is 3. The predicted octanol–water partition coefficient (Wildman–Crippen LogP) is 1.16. The molecule has 8 nitrogen and oxygen atoms in total. The number of ether oxygens (including phenoxy) is 1. The number of carbonyl (C=O) groups excluding carboxylic acids is 1. The van der Waals surface area contributed by atoms with E-state index in [1.807, 2.05) is 13.0 Å². The van der Waals surface area contributed by atoms with Gasteiger partial charge in [-0.05, 0) is 25.8 Å². The molecule has 0 N–H and O–H groups in total. The first-order chi connectivity index (χ1) is 11.6. The highest BCUT2D eigenvalue weighted by Crippen LogP contribution is 2.32. The first-order valence-electron chi connectivity index (χ1n) is 7.91. The molecule has 3 rings (SSSR count). The van der Waals surface area contributed by atoms with E-state index in [4.69, 9.17) is 9.26 Å². The van der Waals surface area contributed by atoms with Crippen molar-refractivity contribution in [2.45, 2.75) is 32.4 Å². The molecule has 0 aliphatic carbocycles. The van der Waals surface area contributed by atoms with Gasteiger partial charge in [0.05, 0.1) is 19.2 Å². The van der Waals surface area contributed by atoms with Crippen LogP contribution in [-0.2, 0) is 11.3 Å². The molecule has 0 spiro atoms. The van der Waals surface area contributed by atoms with Gasteiger partial charge in [0.1, 0.15) is 17.1 Å². The summed E-state index contributed by atoms with van der Waals surface area (Å²) < 4.78 is 11.3. The lowest BCUT2D eigenvalue weighted by Gasteiger charge is -2.22. The van der Waals surface area contributed by atoms with E-state index in [-0.39, 0.29) is 23.2 Å². The van der Waals surface area contributed by atoms with Gasteiger partial charge in [-0.2, -0.15) is 5.10 Å². The van der Waals surface area contributed by atoms with Gasteiger partial charge in [0, 0.05) is 25.8 Å². The number of amides is 1. The summed E-state index contributed by atoms with van der Waals surface area (Å²) in [6.07, 6.45) is 1.73. The molecule has 1 fully saturated rings. The standard InChI is InChI=1S/C16H20N4O4/c1-11-10-13(18-24-11)14-4-3-7-19(14)16(22)12-5-6-15(21)20(17-12)8-9-23-2/h5-6,10,14H,3-4,7-9H2,1-2H3. The van der Waals surface area contributed by atoms with Crippen molar-refractivity contribution >= 4 is 5.91 Å². The highest BCUT2D eigenvalue weighted by Gasteiger charge is 2.33. The van der Waals surface area contributed by atoms with Gasteiger partial charge in [-0.15, -0.1) is 0 Å². The third-order valence-corrected chi connectivity index (χ3v) is 4.09. The highest BCUT2D eigenvalue weighted by molar-refractivity contribution is 5.92. The van der Waals surface area contributed by atoms with Crippen LogP contribution in [0.1, 0.15) is 40.8 Å². The molecule has 3 heterocycles. The number of methoxy groups -OCH3 is 1. The Balaban J connectivity index is 1.84. The minimum absolute atomic E-state index is 0.115. The zero-order chi connectivity index (χ0) is 17.1. The van der Waals surface area contributed by atoms with Crippen molar-refractivity contribution in [3.8, 4) is 0 Å². The van der Waals surface area contributed by atoms with Crippen molar-refractivity contribution < 1.29 is 14.1 Å². The number of nitrogens with zero attached hydrogens (tertiary/aromatic N) is 4. The van der Waals surface area contributed by atoms with Gasteiger partial charge in [-0.3, -0.25) is 9.59 Å². The lowest BCUT2D eigenvalue weighted by Crippen LogP contribution is -2.34. The Kier molecular flexibility index (Phi) is 4.75. The number of likely N-dealkylation sites (tertiary alicyclic amines) is 1. The van der Waals surface area contributed by atoms with Crippen molar-refractivity contribution in [1.82, 2.24) is 19.8 Å². The van der Waals surface area contributed by atoms with Crippen LogP contribution in [-0.4, -0.2) is 46.0 Å². The van der Waals surface area contributed by atoms with Crippen molar-refractivity contribution in [3.63, 3.8) is 0 Å². The van der Waals surface area contributed by atoms with Gasteiger partial charge in [0.25, 0.3) is 11.5 Å². The minimum Gasteiger partial charge on any atom is -0.383 e. The number of hydrogen-bond acceptors (Lipinski definition) is 6. The van der Waals surface area contributed by atoms with E-state index in [9.17, 15) is 9.59 Å². The van der Waals surface area contributed by atoms with Gasteiger partial charge < -0.3 is 14.2 Å². The third-order valence-electron chi connectivity index (χ3n) is 4.09. The Bertz CT molecular complexity index is 782. The van der Waals surface area contributed by atoms with Crippen LogP contribution < -0.4 is 5.56 Å². The first kappa shape index (κ1) is 16.4.